The standard InChI is InChI=1S/C24H34N4O3.HI/c1-24(2,18-8-9-21-22(15-18)31-14-13-30-21)17-27-23(25-3)26-16-19(20-7-6-12-29-20)28-10-4-5-11-28;/h6-9,12,15,19H,4-5,10-11,13-14,16-17H2,1-3H3,(H2,25,26,27);1H. The molecule has 32 heavy (non-hydrogen) atoms. The van der Waals surface area contributed by atoms with Crippen LogP contribution in [0, 0.1) is 0 Å². The number of guanidine groups is 1. The fourth-order valence-electron chi connectivity index (χ4n) is 4.23. The third-order valence-electron chi connectivity index (χ3n) is 6.16. The highest BCUT2D eigenvalue weighted by Gasteiger charge is 2.27. The third-order valence-corrected chi connectivity index (χ3v) is 6.16. The Kier molecular flexibility index (Phi) is 8.70. The number of benzene rings is 1. The van der Waals surface area contributed by atoms with Gasteiger partial charge in [0, 0.05) is 25.6 Å². The molecule has 1 saturated heterocycles. The molecule has 4 rings (SSSR count). The number of rotatable bonds is 7. The van der Waals surface area contributed by atoms with Crippen LogP contribution < -0.4 is 20.1 Å². The normalized spacial score (nSPS) is 17.5. The molecule has 1 fully saturated rings. The van der Waals surface area contributed by atoms with Crippen molar-refractivity contribution in [2.24, 2.45) is 4.99 Å². The van der Waals surface area contributed by atoms with Crippen LogP contribution >= 0.6 is 24.0 Å². The molecule has 2 aromatic rings. The summed E-state index contributed by atoms with van der Waals surface area (Å²) in [5, 5.41) is 7.00. The van der Waals surface area contributed by atoms with E-state index in [2.05, 4.69) is 52.6 Å². The van der Waals surface area contributed by atoms with Gasteiger partial charge in [-0.1, -0.05) is 19.9 Å². The van der Waals surface area contributed by atoms with Crippen LogP contribution in [0.1, 0.15) is 44.1 Å². The van der Waals surface area contributed by atoms with Gasteiger partial charge < -0.3 is 24.5 Å². The summed E-state index contributed by atoms with van der Waals surface area (Å²) in [5.41, 5.74) is 1.09. The zero-order valence-electron chi connectivity index (χ0n) is 19.2. The predicted octanol–water partition coefficient (Wildman–Crippen LogP) is 3.95. The smallest absolute Gasteiger partial charge is 0.191 e. The summed E-state index contributed by atoms with van der Waals surface area (Å²) in [6, 6.07) is 10.4. The molecular formula is C24H35IN4O3. The van der Waals surface area contributed by atoms with Gasteiger partial charge in [-0.2, -0.15) is 0 Å². The molecule has 1 aromatic heterocycles. The lowest BCUT2D eigenvalue weighted by Gasteiger charge is -2.30. The summed E-state index contributed by atoms with van der Waals surface area (Å²) in [4.78, 5) is 6.92. The van der Waals surface area contributed by atoms with Gasteiger partial charge in [0.25, 0.3) is 0 Å². The van der Waals surface area contributed by atoms with Crippen LogP contribution in [0.5, 0.6) is 11.5 Å². The highest BCUT2D eigenvalue weighted by atomic mass is 127. The first-order valence-corrected chi connectivity index (χ1v) is 11.2. The Morgan fingerprint density at radius 1 is 1.09 bits per heavy atom. The molecule has 0 amide bonds. The number of nitrogens with zero attached hydrogens (tertiary/aromatic N) is 2. The fourth-order valence-corrected chi connectivity index (χ4v) is 4.23. The van der Waals surface area contributed by atoms with Gasteiger partial charge in [-0.05, 0) is 55.8 Å². The molecule has 1 atom stereocenters. The molecule has 8 heteroatoms. The first-order valence-electron chi connectivity index (χ1n) is 11.2. The van der Waals surface area contributed by atoms with Crippen LogP contribution in [0.15, 0.2) is 46.0 Å². The molecule has 0 spiro atoms. The Morgan fingerprint density at radius 2 is 1.84 bits per heavy atom. The molecular weight excluding hydrogens is 519 g/mol. The topological polar surface area (TPSA) is 71.3 Å². The Bertz CT molecular complexity index is 879. The number of likely N-dealkylation sites (tertiary alicyclic amines) is 1. The Morgan fingerprint density at radius 3 is 2.53 bits per heavy atom. The first kappa shape index (κ1) is 24.7. The zero-order chi connectivity index (χ0) is 21.7. The second-order valence-corrected chi connectivity index (χ2v) is 8.82. The van der Waals surface area contributed by atoms with Crippen LogP contribution in [-0.4, -0.2) is 57.3 Å². The fraction of sp³-hybridized carbons (Fsp3) is 0.542. The average Bonchev–Trinajstić information content (AvgIpc) is 3.51. The van der Waals surface area contributed by atoms with E-state index in [-0.39, 0.29) is 35.4 Å². The SMILES string of the molecule is CN=C(NCC(c1ccco1)N1CCCC1)NCC(C)(C)c1ccc2c(c1)OCCO2.I. The van der Waals surface area contributed by atoms with Crippen LogP contribution in [0.2, 0.25) is 0 Å². The van der Waals surface area contributed by atoms with Gasteiger partial charge in [0.15, 0.2) is 17.5 Å². The lowest BCUT2D eigenvalue weighted by molar-refractivity contribution is 0.171. The third kappa shape index (κ3) is 5.89. The van der Waals surface area contributed by atoms with E-state index in [1.54, 1.807) is 6.26 Å². The number of halogens is 1. The van der Waals surface area contributed by atoms with E-state index in [0.29, 0.717) is 13.2 Å². The second kappa shape index (κ2) is 11.3. The van der Waals surface area contributed by atoms with Crippen molar-refractivity contribution in [3.8, 4) is 11.5 Å². The highest BCUT2D eigenvalue weighted by Crippen LogP contribution is 2.35. The number of ether oxygens (including phenoxy) is 2. The summed E-state index contributed by atoms with van der Waals surface area (Å²) in [6.45, 7) is 9.34. The van der Waals surface area contributed by atoms with Gasteiger partial charge in [-0.3, -0.25) is 9.89 Å². The minimum Gasteiger partial charge on any atom is -0.486 e. The Labute approximate surface area is 208 Å². The van der Waals surface area contributed by atoms with E-state index >= 15 is 0 Å². The van der Waals surface area contributed by atoms with Crippen LogP contribution in [0.25, 0.3) is 0 Å². The van der Waals surface area contributed by atoms with Gasteiger partial charge in [0.1, 0.15) is 19.0 Å². The quantitative estimate of drug-likeness (QED) is 0.307. The lowest BCUT2D eigenvalue weighted by atomic mass is 9.84. The summed E-state index contributed by atoms with van der Waals surface area (Å²) in [5.74, 6) is 3.44. The van der Waals surface area contributed by atoms with Crippen molar-refractivity contribution < 1.29 is 13.9 Å². The minimum absolute atomic E-state index is 0. The number of furan rings is 1. The van der Waals surface area contributed by atoms with Crippen molar-refractivity contribution in [2.45, 2.75) is 38.1 Å². The number of hydrogen-bond donors (Lipinski definition) is 2. The predicted molar refractivity (Wildman–Crippen MR) is 137 cm³/mol. The molecule has 1 unspecified atom stereocenters. The van der Waals surface area contributed by atoms with Crippen LogP contribution in [0.4, 0.5) is 0 Å². The highest BCUT2D eigenvalue weighted by molar-refractivity contribution is 14.0. The lowest BCUT2D eigenvalue weighted by Crippen LogP contribution is -2.46. The van der Waals surface area contributed by atoms with Crippen molar-refractivity contribution in [3.05, 3.63) is 47.9 Å². The largest absolute Gasteiger partial charge is 0.486 e. The molecule has 0 radical (unpaired) electrons. The van der Waals surface area contributed by atoms with E-state index in [4.69, 9.17) is 13.9 Å². The Balaban J connectivity index is 0.00000289. The van der Waals surface area contributed by atoms with E-state index in [9.17, 15) is 0 Å². The monoisotopic (exact) mass is 554 g/mol. The molecule has 0 saturated carbocycles. The molecule has 2 N–H and O–H groups in total. The van der Waals surface area contributed by atoms with Crippen molar-refractivity contribution in [1.29, 1.82) is 0 Å². The van der Waals surface area contributed by atoms with Gasteiger partial charge in [0.2, 0.25) is 0 Å². The van der Waals surface area contributed by atoms with E-state index in [1.165, 1.54) is 18.4 Å². The van der Waals surface area contributed by atoms with Gasteiger partial charge in [-0.25, -0.2) is 0 Å². The molecule has 1 aromatic carbocycles. The maximum atomic E-state index is 5.76. The van der Waals surface area contributed by atoms with Gasteiger partial charge in [0.05, 0.1) is 12.3 Å². The van der Waals surface area contributed by atoms with Gasteiger partial charge >= 0.3 is 0 Å². The molecule has 176 valence electrons. The second-order valence-electron chi connectivity index (χ2n) is 8.82. The molecule has 0 aliphatic carbocycles. The van der Waals surface area contributed by atoms with E-state index in [0.717, 1.165) is 49.4 Å². The molecule has 2 aliphatic rings. The Hall–Kier alpha value is -1.94. The maximum absolute atomic E-state index is 5.76. The minimum atomic E-state index is -0.108. The maximum Gasteiger partial charge on any atom is 0.191 e. The number of hydrogen-bond acceptors (Lipinski definition) is 5. The number of nitrogens with one attached hydrogen (secondary N) is 2. The molecule has 0 bridgehead atoms. The van der Waals surface area contributed by atoms with E-state index < -0.39 is 0 Å². The number of aliphatic imine (C=N–C) groups is 1. The molecule has 3 heterocycles. The van der Waals surface area contributed by atoms with Crippen molar-refractivity contribution in [3.63, 3.8) is 0 Å². The van der Waals surface area contributed by atoms with Crippen molar-refractivity contribution in [1.82, 2.24) is 15.5 Å². The van der Waals surface area contributed by atoms with Crippen molar-refractivity contribution in [2.75, 3.05) is 46.4 Å². The zero-order valence-corrected chi connectivity index (χ0v) is 21.6. The van der Waals surface area contributed by atoms with Crippen LogP contribution in [0.3, 0.4) is 0 Å². The van der Waals surface area contributed by atoms with E-state index in [1.807, 2.05) is 19.2 Å². The average molecular weight is 554 g/mol. The van der Waals surface area contributed by atoms with Crippen LogP contribution in [-0.2, 0) is 5.41 Å². The van der Waals surface area contributed by atoms with Gasteiger partial charge in [-0.15, -0.1) is 24.0 Å². The number of fused-ring (bicyclic) bond motifs is 1. The first-order chi connectivity index (χ1) is 15.1. The van der Waals surface area contributed by atoms with Crippen molar-refractivity contribution >= 4 is 29.9 Å². The summed E-state index contributed by atoms with van der Waals surface area (Å²) < 4.78 is 17.1. The molecule has 2 aliphatic heterocycles. The molecule has 7 nitrogen and oxygen atoms in total. The summed E-state index contributed by atoms with van der Waals surface area (Å²) in [6.07, 6.45) is 4.24. The summed E-state index contributed by atoms with van der Waals surface area (Å²) >= 11 is 0. The summed E-state index contributed by atoms with van der Waals surface area (Å²) in [7, 11) is 1.81.